The molecule has 0 fully saturated rings. The number of nitrogens with zero attached hydrogens (tertiary/aromatic N) is 1. The number of hydrogen-bond acceptors (Lipinski definition) is 4. The third-order valence-corrected chi connectivity index (χ3v) is 3.37. The Morgan fingerprint density at radius 1 is 1.33 bits per heavy atom. The van der Waals surface area contributed by atoms with Crippen molar-refractivity contribution < 1.29 is 14.3 Å². The summed E-state index contributed by atoms with van der Waals surface area (Å²) in [7, 11) is 1.47. The van der Waals surface area contributed by atoms with Crippen molar-refractivity contribution in [3.63, 3.8) is 0 Å². The van der Waals surface area contributed by atoms with E-state index < -0.39 is 5.91 Å². The van der Waals surface area contributed by atoms with Crippen LogP contribution in [0.1, 0.15) is 20.7 Å². The number of pyridine rings is 1. The number of rotatable bonds is 4. The van der Waals surface area contributed by atoms with Gasteiger partial charge < -0.3 is 15.8 Å². The van der Waals surface area contributed by atoms with Crippen LogP contribution in [-0.2, 0) is 0 Å². The number of halogens is 1. The molecule has 0 aliphatic rings. The molecule has 3 N–H and O–H groups in total. The highest BCUT2D eigenvalue weighted by atomic mass is 79.9. The summed E-state index contributed by atoms with van der Waals surface area (Å²) in [5.41, 5.74) is 6.23. The zero-order valence-electron chi connectivity index (χ0n) is 11.1. The van der Waals surface area contributed by atoms with Crippen molar-refractivity contribution in [1.82, 2.24) is 4.98 Å². The quantitative estimate of drug-likeness (QED) is 0.827. The molecule has 0 radical (unpaired) electrons. The Hall–Kier alpha value is -2.41. The molecule has 108 valence electrons. The molecule has 0 aliphatic carbocycles. The molecule has 0 spiro atoms. The van der Waals surface area contributed by atoms with Crippen LogP contribution in [-0.4, -0.2) is 23.9 Å². The van der Waals surface area contributed by atoms with Crippen molar-refractivity contribution in [3.8, 4) is 5.75 Å². The predicted molar refractivity (Wildman–Crippen MR) is 81.4 cm³/mol. The fraction of sp³-hybridized carbons (Fsp3) is 0.0714. The van der Waals surface area contributed by atoms with Gasteiger partial charge in [0.15, 0.2) is 0 Å². The number of amides is 2. The first kappa shape index (κ1) is 15.0. The minimum atomic E-state index is -0.587. The van der Waals surface area contributed by atoms with E-state index in [0.29, 0.717) is 21.6 Å². The summed E-state index contributed by atoms with van der Waals surface area (Å²) in [6, 6.07) is 7.82. The van der Waals surface area contributed by atoms with Crippen LogP contribution in [0.2, 0.25) is 0 Å². The third kappa shape index (κ3) is 3.38. The fourth-order valence-corrected chi connectivity index (χ4v) is 2.13. The first-order chi connectivity index (χ1) is 10.0. The van der Waals surface area contributed by atoms with Crippen molar-refractivity contribution in [2.45, 2.75) is 0 Å². The molecule has 1 aromatic heterocycles. The molecular formula is C14H12BrN3O3. The number of carbonyl (C=O) groups excluding carboxylic acids is 2. The highest BCUT2D eigenvalue weighted by Crippen LogP contribution is 2.26. The topological polar surface area (TPSA) is 94.3 Å². The van der Waals surface area contributed by atoms with Crippen LogP contribution in [0, 0.1) is 0 Å². The number of carbonyl (C=O) groups is 2. The van der Waals surface area contributed by atoms with Crippen molar-refractivity contribution in [1.29, 1.82) is 0 Å². The molecule has 2 amide bonds. The second-order valence-electron chi connectivity index (χ2n) is 4.08. The molecule has 0 aliphatic heterocycles. The van der Waals surface area contributed by atoms with Crippen molar-refractivity contribution >= 4 is 33.4 Å². The Bertz CT molecular complexity index is 704. The third-order valence-electron chi connectivity index (χ3n) is 2.74. The van der Waals surface area contributed by atoms with Crippen LogP contribution < -0.4 is 15.8 Å². The molecule has 0 unspecified atom stereocenters. The number of hydrogen-bond donors (Lipinski definition) is 2. The molecule has 21 heavy (non-hydrogen) atoms. The second-order valence-corrected chi connectivity index (χ2v) is 4.83. The number of aromatic nitrogens is 1. The lowest BCUT2D eigenvalue weighted by Gasteiger charge is -2.11. The lowest BCUT2D eigenvalue weighted by molar-refractivity contribution is 0.0996. The van der Waals surface area contributed by atoms with E-state index in [2.05, 4.69) is 26.2 Å². The maximum Gasteiger partial charge on any atom is 0.258 e. The summed E-state index contributed by atoms with van der Waals surface area (Å²) in [6.45, 7) is 0. The van der Waals surface area contributed by atoms with Crippen molar-refractivity contribution in [2.24, 2.45) is 5.73 Å². The van der Waals surface area contributed by atoms with Gasteiger partial charge in [0.25, 0.3) is 5.91 Å². The van der Waals surface area contributed by atoms with Crippen LogP contribution in [0.15, 0.2) is 41.1 Å². The molecule has 0 bridgehead atoms. The number of primary amides is 1. The monoisotopic (exact) mass is 349 g/mol. The number of nitrogens with two attached hydrogens (primary N) is 1. The van der Waals surface area contributed by atoms with Gasteiger partial charge in [-0.1, -0.05) is 0 Å². The van der Waals surface area contributed by atoms with Crippen LogP contribution in [0.25, 0.3) is 0 Å². The average molecular weight is 350 g/mol. The molecule has 0 saturated carbocycles. The Labute approximate surface area is 129 Å². The van der Waals surface area contributed by atoms with Crippen LogP contribution in [0.5, 0.6) is 5.75 Å². The highest BCUT2D eigenvalue weighted by molar-refractivity contribution is 9.10. The molecule has 2 aromatic rings. The predicted octanol–water partition coefficient (Wildman–Crippen LogP) is 2.20. The first-order valence-electron chi connectivity index (χ1n) is 5.92. The van der Waals surface area contributed by atoms with Gasteiger partial charge in [-0.05, 0) is 46.3 Å². The van der Waals surface area contributed by atoms with Gasteiger partial charge in [-0.3, -0.25) is 9.59 Å². The Kier molecular flexibility index (Phi) is 4.54. The summed E-state index contributed by atoms with van der Waals surface area (Å²) in [6.07, 6.45) is 1.56. The average Bonchev–Trinajstić information content (AvgIpc) is 2.47. The largest absolute Gasteiger partial charge is 0.495 e. The second kappa shape index (κ2) is 6.36. The van der Waals surface area contributed by atoms with Gasteiger partial charge >= 0.3 is 0 Å². The minimum absolute atomic E-state index is 0.274. The van der Waals surface area contributed by atoms with Gasteiger partial charge in [0.05, 0.1) is 18.4 Å². The molecular weight excluding hydrogens is 338 g/mol. The lowest BCUT2D eigenvalue weighted by Crippen LogP contribution is -2.16. The van der Waals surface area contributed by atoms with Gasteiger partial charge in [0, 0.05) is 11.8 Å². The van der Waals surface area contributed by atoms with Gasteiger partial charge in [0.2, 0.25) is 5.91 Å². The molecule has 7 heteroatoms. The van der Waals surface area contributed by atoms with E-state index in [0.717, 1.165) is 0 Å². The van der Waals surface area contributed by atoms with E-state index in [4.69, 9.17) is 10.5 Å². The summed E-state index contributed by atoms with van der Waals surface area (Å²) in [4.78, 5) is 27.4. The van der Waals surface area contributed by atoms with Gasteiger partial charge in [-0.15, -0.1) is 0 Å². The zero-order chi connectivity index (χ0) is 15.4. The molecule has 0 saturated heterocycles. The van der Waals surface area contributed by atoms with Gasteiger partial charge in [-0.2, -0.15) is 0 Å². The summed E-state index contributed by atoms with van der Waals surface area (Å²) < 4.78 is 5.58. The van der Waals surface area contributed by atoms with Crippen LogP contribution in [0.4, 0.5) is 5.69 Å². The number of ether oxygens (including phenoxy) is 1. The van der Waals surface area contributed by atoms with Gasteiger partial charge in [0.1, 0.15) is 10.4 Å². The summed E-state index contributed by atoms with van der Waals surface area (Å²) >= 11 is 3.21. The normalized spacial score (nSPS) is 10.0. The summed E-state index contributed by atoms with van der Waals surface area (Å²) in [5, 5.41) is 2.67. The number of nitrogens with one attached hydrogen (secondary N) is 1. The molecule has 0 atom stereocenters. The van der Waals surface area contributed by atoms with E-state index in [9.17, 15) is 9.59 Å². The maximum absolute atomic E-state index is 12.2. The Morgan fingerprint density at radius 2 is 2.10 bits per heavy atom. The van der Waals surface area contributed by atoms with Crippen LogP contribution >= 0.6 is 15.9 Å². The van der Waals surface area contributed by atoms with Gasteiger partial charge in [-0.25, -0.2) is 4.98 Å². The molecule has 6 nitrogen and oxygen atoms in total. The SMILES string of the molecule is COc1ccc(C(N)=O)cc1NC(=O)c1cccnc1Br. The lowest BCUT2D eigenvalue weighted by atomic mass is 10.1. The van der Waals surface area contributed by atoms with E-state index in [1.54, 1.807) is 24.4 Å². The van der Waals surface area contributed by atoms with Crippen molar-refractivity contribution in [2.75, 3.05) is 12.4 Å². The zero-order valence-corrected chi connectivity index (χ0v) is 12.7. The van der Waals surface area contributed by atoms with Crippen LogP contribution in [0.3, 0.4) is 0 Å². The highest BCUT2D eigenvalue weighted by Gasteiger charge is 2.14. The number of methoxy groups -OCH3 is 1. The Balaban J connectivity index is 2.34. The summed E-state index contributed by atoms with van der Waals surface area (Å²) in [5.74, 6) is -0.543. The van der Waals surface area contributed by atoms with E-state index in [1.807, 2.05) is 0 Å². The number of benzene rings is 1. The van der Waals surface area contributed by atoms with E-state index in [-0.39, 0.29) is 11.5 Å². The maximum atomic E-state index is 12.2. The molecule has 1 heterocycles. The smallest absolute Gasteiger partial charge is 0.258 e. The van der Waals surface area contributed by atoms with E-state index >= 15 is 0 Å². The fourth-order valence-electron chi connectivity index (χ4n) is 1.70. The minimum Gasteiger partial charge on any atom is -0.495 e. The van der Waals surface area contributed by atoms with Crippen molar-refractivity contribution in [3.05, 3.63) is 52.3 Å². The Morgan fingerprint density at radius 3 is 2.71 bits per heavy atom. The molecule has 1 aromatic carbocycles. The number of anilines is 1. The van der Waals surface area contributed by atoms with E-state index in [1.165, 1.54) is 19.2 Å². The molecule has 2 rings (SSSR count). The first-order valence-corrected chi connectivity index (χ1v) is 6.72. The standard InChI is InChI=1S/C14H12BrN3O3/c1-21-11-5-4-8(13(16)19)7-10(11)18-14(20)9-3-2-6-17-12(9)15/h2-7H,1H3,(H2,16,19)(H,18,20).